The zero-order valence-electron chi connectivity index (χ0n) is 18.3. The number of hydrogen-bond donors (Lipinski definition) is 1. The van der Waals surface area contributed by atoms with E-state index in [9.17, 15) is 25.0 Å². The Morgan fingerprint density at radius 3 is 2.26 bits per heavy atom. The van der Waals surface area contributed by atoms with Crippen LogP contribution in [0, 0.1) is 27.2 Å². The van der Waals surface area contributed by atoms with E-state index < -0.39 is 9.85 Å². The van der Waals surface area contributed by atoms with Crippen LogP contribution < -0.4 is 5.32 Å². The number of rotatable bonds is 8. The van der Waals surface area contributed by atoms with Crippen molar-refractivity contribution >= 4 is 34.7 Å². The molecule has 35 heavy (non-hydrogen) atoms. The number of carbonyl (C=O) groups is 1. The highest BCUT2D eigenvalue weighted by molar-refractivity contribution is 7.99. The van der Waals surface area contributed by atoms with Crippen molar-refractivity contribution < 1.29 is 14.6 Å². The third-order valence-corrected chi connectivity index (χ3v) is 5.95. The largest absolute Gasteiger partial charge is 0.325 e. The van der Waals surface area contributed by atoms with Crippen LogP contribution in [0.1, 0.15) is 5.56 Å². The summed E-state index contributed by atoms with van der Waals surface area (Å²) in [5, 5.41) is 33.7. The number of carbonyl (C=O) groups excluding carboxylic acids is 1. The number of non-ortho nitro benzene ring substituents is 2. The van der Waals surface area contributed by atoms with Crippen molar-refractivity contribution in [3.05, 3.63) is 98.6 Å². The van der Waals surface area contributed by atoms with E-state index in [1.807, 2.05) is 30.3 Å². The van der Waals surface area contributed by atoms with Gasteiger partial charge >= 0.3 is 0 Å². The predicted molar refractivity (Wildman–Crippen MR) is 131 cm³/mol. The summed E-state index contributed by atoms with van der Waals surface area (Å²) in [4.78, 5) is 33.7. The monoisotopic (exact) mass is 490 g/mol. The molecule has 0 unspecified atom stereocenters. The lowest BCUT2D eigenvalue weighted by molar-refractivity contribution is -0.385. The number of anilines is 1. The first-order chi connectivity index (χ1) is 16.8. The minimum Gasteiger partial charge on any atom is -0.325 e. The molecule has 176 valence electrons. The van der Waals surface area contributed by atoms with Crippen molar-refractivity contribution in [2.24, 2.45) is 0 Å². The maximum atomic E-state index is 12.6. The normalized spacial score (nSPS) is 10.7. The van der Waals surface area contributed by atoms with E-state index in [4.69, 9.17) is 0 Å². The first-order valence-corrected chi connectivity index (χ1v) is 11.3. The van der Waals surface area contributed by atoms with Gasteiger partial charge in [-0.1, -0.05) is 36.0 Å². The number of hydrogen-bond acceptors (Lipinski definition) is 8. The lowest BCUT2D eigenvalue weighted by Gasteiger charge is -2.11. The second-order valence-electron chi connectivity index (χ2n) is 7.37. The molecule has 1 amide bonds. The van der Waals surface area contributed by atoms with E-state index in [2.05, 4.69) is 15.5 Å². The SMILES string of the molecule is Cc1ccc([N+](=O)[O-])cc1NC(=O)CSc1nnc(-c2ccc([N+](=O)[O-])cc2)n1-c1ccccc1. The van der Waals surface area contributed by atoms with Crippen LogP contribution in [-0.4, -0.2) is 36.3 Å². The molecule has 0 aliphatic heterocycles. The lowest BCUT2D eigenvalue weighted by Crippen LogP contribution is -2.15. The Morgan fingerprint density at radius 2 is 1.60 bits per heavy atom. The molecule has 0 saturated carbocycles. The number of aryl methyl sites for hydroxylation is 1. The molecule has 0 saturated heterocycles. The summed E-state index contributed by atoms with van der Waals surface area (Å²) in [6.07, 6.45) is 0. The maximum Gasteiger partial charge on any atom is 0.271 e. The van der Waals surface area contributed by atoms with Crippen LogP contribution in [0.25, 0.3) is 17.1 Å². The van der Waals surface area contributed by atoms with Crippen molar-refractivity contribution in [2.75, 3.05) is 11.1 Å². The van der Waals surface area contributed by atoms with E-state index >= 15 is 0 Å². The zero-order valence-corrected chi connectivity index (χ0v) is 19.1. The van der Waals surface area contributed by atoms with Crippen LogP contribution >= 0.6 is 11.8 Å². The number of nitrogens with zero attached hydrogens (tertiary/aromatic N) is 5. The van der Waals surface area contributed by atoms with E-state index in [1.165, 1.54) is 24.3 Å². The van der Waals surface area contributed by atoms with Crippen molar-refractivity contribution in [3.8, 4) is 17.1 Å². The molecule has 0 aliphatic rings. The molecule has 0 spiro atoms. The summed E-state index contributed by atoms with van der Waals surface area (Å²) in [5.74, 6) is 0.0783. The van der Waals surface area contributed by atoms with Crippen LogP contribution in [0.3, 0.4) is 0 Å². The minimum atomic E-state index is -0.522. The summed E-state index contributed by atoms with van der Waals surface area (Å²) in [6.45, 7) is 1.75. The second kappa shape index (κ2) is 10.1. The maximum absolute atomic E-state index is 12.6. The Hall–Kier alpha value is -4.58. The van der Waals surface area contributed by atoms with Gasteiger partial charge < -0.3 is 5.32 Å². The van der Waals surface area contributed by atoms with Gasteiger partial charge in [-0.15, -0.1) is 10.2 Å². The third-order valence-electron chi connectivity index (χ3n) is 5.02. The van der Waals surface area contributed by atoms with Crippen molar-refractivity contribution in [3.63, 3.8) is 0 Å². The molecule has 0 aliphatic carbocycles. The average Bonchev–Trinajstić information content (AvgIpc) is 3.28. The number of nitro groups is 2. The van der Waals surface area contributed by atoms with Crippen molar-refractivity contribution in [1.82, 2.24) is 14.8 Å². The molecule has 4 rings (SSSR count). The molecule has 1 aromatic heterocycles. The van der Waals surface area contributed by atoms with Gasteiger partial charge in [0.2, 0.25) is 5.91 Å². The number of nitro benzene ring substituents is 2. The lowest BCUT2D eigenvalue weighted by atomic mass is 10.2. The minimum absolute atomic E-state index is 0.0205. The summed E-state index contributed by atoms with van der Waals surface area (Å²) < 4.78 is 1.76. The number of benzene rings is 3. The first-order valence-electron chi connectivity index (χ1n) is 10.3. The molecule has 3 aromatic carbocycles. The Bertz CT molecular complexity index is 1410. The average molecular weight is 491 g/mol. The molecule has 1 heterocycles. The second-order valence-corrected chi connectivity index (χ2v) is 8.32. The van der Waals surface area contributed by atoms with E-state index in [-0.39, 0.29) is 23.0 Å². The van der Waals surface area contributed by atoms with E-state index in [1.54, 1.807) is 29.7 Å². The molecular formula is C23H18N6O5S. The Labute approximate surface area is 203 Å². The quantitative estimate of drug-likeness (QED) is 0.211. The number of para-hydroxylation sites is 1. The topological polar surface area (TPSA) is 146 Å². The summed E-state index contributed by atoms with van der Waals surface area (Å²) >= 11 is 1.14. The number of nitrogens with one attached hydrogen (secondary N) is 1. The van der Waals surface area contributed by atoms with Gasteiger partial charge in [0.1, 0.15) is 0 Å². The van der Waals surface area contributed by atoms with Gasteiger partial charge in [-0.2, -0.15) is 0 Å². The molecule has 0 bridgehead atoms. The molecule has 1 N–H and O–H groups in total. The first kappa shape index (κ1) is 23.6. The van der Waals surface area contributed by atoms with Crippen molar-refractivity contribution in [2.45, 2.75) is 12.1 Å². The fraction of sp³-hybridized carbons (Fsp3) is 0.0870. The molecule has 4 aromatic rings. The van der Waals surface area contributed by atoms with Crippen LogP contribution in [0.5, 0.6) is 0 Å². The highest BCUT2D eigenvalue weighted by Crippen LogP contribution is 2.29. The van der Waals surface area contributed by atoms with E-state index in [0.29, 0.717) is 27.8 Å². The number of thioether (sulfide) groups is 1. The third kappa shape index (κ3) is 5.33. The summed E-state index contributed by atoms with van der Waals surface area (Å²) in [5.41, 5.74) is 2.28. The van der Waals surface area contributed by atoms with Gasteiger partial charge in [0, 0.05) is 35.5 Å². The molecule has 0 atom stereocenters. The fourth-order valence-electron chi connectivity index (χ4n) is 3.27. The van der Waals surface area contributed by atoms with Crippen LogP contribution in [0.15, 0.2) is 78.0 Å². The Morgan fingerprint density at radius 1 is 0.943 bits per heavy atom. The van der Waals surface area contributed by atoms with Gasteiger partial charge in [0.15, 0.2) is 11.0 Å². The van der Waals surface area contributed by atoms with Gasteiger partial charge in [0.25, 0.3) is 11.4 Å². The Balaban J connectivity index is 1.58. The van der Waals surface area contributed by atoms with Gasteiger partial charge in [-0.25, -0.2) is 0 Å². The number of aromatic nitrogens is 3. The fourth-order valence-corrected chi connectivity index (χ4v) is 4.02. The summed E-state index contributed by atoms with van der Waals surface area (Å²) in [7, 11) is 0. The highest BCUT2D eigenvalue weighted by atomic mass is 32.2. The zero-order chi connectivity index (χ0) is 24.9. The van der Waals surface area contributed by atoms with Crippen molar-refractivity contribution in [1.29, 1.82) is 0 Å². The van der Waals surface area contributed by atoms with E-state index in [0.717, 1.165) is 17.4 Å². The molecular weight excluding hydrogens is 472 g/mol. The molecule has 12 heteroatoms. The summed E-state index contributed by atoms with van der Waals surface area (Å²) in [6, 6.07) is 19.5. The highest BCUT2D eigenvalue weighted by Gasteiger charge is 2.19. The van der Waals surface area contributed by atoms with Gasteiger partial charge in [-0.3, -0.25) is 29.6 Å². The smallest absolute Gasteiger partial charge is 0.271 e. The van der Waals surface area contributed by atoms with Crippen LogP contribution in [-0.2, 0) is 4.79 Å². The number of amides is 1. The van der Waals surface area contributed by atoms with Gasteiger partial charge in [-0.05, 0) is 36.8 Å². The predicted octanol–water partition coefficient (Wildman–Crippen LogP) is 4.79. The van der Waals surface area contributed by atoms with Crippen LogP contribution in [0.4, 0.5) is 17.1 Å². The molecule has 0 radical (unpaired) electrons. The molecule has 11 nitrogen and oxygen atoms in total. The van der Waals surface area contributed by atoms with Crippen LogP contribution in [0.2, 0.25) is 0 Å². The van der Waals surface area contributed by atoms with Gasteiger partial charge in [0.05, 0.1) is 21.3 Å². The molecule has 0 fully saturated rings. The Kier molecular flexibility index (Phi) is 6.83. The standard InChI is InChI=1S/C23H18N6O5S/c1-15-7-10-19(29(33)34)13-20(15)24-21(30)14-35-23-26-25-22(27(23)17-5-3-2-4-6-17)16-8-11-18(12-9-16)28(31)32/h2-13H,14H2,1H3,(H,24,30).